The molecule has 7 aromatic carbocycles. The molecule has 56 heavy (non-hydrogen) atoms. The van der Waals surface area contributed by atoms with Crippen LogP contribution in [0.5, 0.6) is 0 Å². The van der Waals surface area contributed by atoms with Gasteiger partial charge in [0.05, 0.1) is 0 Å². The van der Waals surface area contributed by atoms with Crippen molar-refractivity contribution in [3.8, 4) is 67.5 Å². The van der Waals surface area contributed by atoms with E-state index in [4.69, 9.17) is 69.9 Å². The molecular formula is C45H22B7N3S. The predicted octanol–water partition coefficient (Wildman–Crippen LogP) is 3.80. The van der Waals surface area contributed by atoms with Crippen LogP contribution in [0.4, 0.5) is 0 Å². The van der Waals surface area contributed by atoms with Crippen molar-refractivity contribution in [3.63, 3.8) is 0 Å². The van der Waals surface area contributed by atoms with E-state index in [0.717, 1.165) is 49.2 Å². The highest BCUT2D eigenvalue weighted by molar-refractivity contribution is 7.28. The van der Waals surface area contributed by atoms with E-state index < -0.39 is 0 Å². The van der Waals surface area contributed by atoms with Gasteiger partial charge >= 0.3 is 0 Å². The molecule has 0 fully saturated rings. The highest BCUT2D eigenvalue weighted by atomic mass is 32.1. The number of nitrogens with zero attached hydrogens (tertiary/aromatic N) is 3. The molecule has 0 amide bonds. The maximum absolute atomic E-state index is 6.79. The molecule has 0 spiro atoms. The fourth-order valence-electron chi connectivity index (χ4n) is 7.14. The molecule has 0 aliphatic rings. The molecule has 244 valence electrons. The summed E-state index contributed by atoms with van der Waals surface area (Å²) >= 11 is 1.39. The molecule has 0 unspecified atom stereocenters. The summed E-state index contributed by atoms with van der Waals surface area (Å²) in [7, 11) is 45.6. The summed E-state index contributed by atoms with van der Waals surface area (Å²) in [6.07, 6.45) is 0. The lowest BCUT2D eigenvalue weighted by molar-refractivity contribution is 1.07. The Morgan fingerprint density at radius 2 is 0.679 bits per heavy atom. The van der Waals surface area contributed by atoms with Crippen molar-refractivity contribution in [1.82, 2.24) is 15.0 Å². The lowest BCUT2D eigenvalue weighted by Gasteiger charge is -2.18. The van der Waals surface area contributed by atoms with Crippen molar-refractivity contribution in [2.75, 3.05) is 0 Å². The smallest absolute Gasteiger partial charge is 0.164 e. The van der Waals surface area contributed by atoms with Crippen LogP contribution in [-0.2, 0) is 0 Å². The molecule has 0 N–H and O–H groups in total. The molecule has 9 rings (SSSR count). The van der Waals surface area contributed by atoms with Crippen LogP contribution in [0.15, 0.2) is 133 Å². The number of hydrogen-bond donors (Lipinski definition) is 0. The third-order valence-electron chi connectivity index (χ3n) is 10.2. The predicted molar refractivity (Wildman–Crippen MR) is 243 cm³/mol. The van der Waals surface area contributed by atoms with Crippen molar-refractivity contribution in [2.45, 2.75) is 0 Å². The topological polar surface area (TPSA) is 38.7 Å². The lowest BCUT2D eigenvalue weighted by atomic mass is 9.64. The van der Waals surface area contributed by atoms with Crippen molar-refractivity contribution >= 4 is 125 Å². The quantitative estimate of drug-likeness (QED) is 0.247. The molecule has 2 heterocycles. The van der Waals surface area contributed by atoms with E-state index >= 15 is 0 Å². The molecule has 0 aliphatic carbocycles. The lowest BCUT2D eigenvalue weighted by Crippen LogP contribution is -2.47. The minimum Gasteiger partial charge on any atom is -0.208 e. The van der Waals surface area contributed by atoms with Crippen molar-refractivity contribution < 1.29 is 0 Å². The molecule has 0 bridgehead atoms. The fourth-order valence-corrected chi connectivity index (χ4v) is 8.53. The van der Waals surface area contributed by atoms with Crippen LogP contribution in [0.2, 0.25) is 0 Å². The Morgan fingerprint density at radius 1 is 0.304 bits per heavy atom. The zero-order chi connectivity index (χ0) is 38.7. The van der Waals surface area contributed by atoms with Gasteiger partial charge in [-0.05, 0) is 50.2 Å². The van der Waals surface area contributed by atoms with E-state index in [-0.39, 0.29) is 21.9 Å². The van der Waals surface area contributed by atoms with Gasteiger partial charge in [0.15, 0.2) is 17.5 Å². The van der Waals surface area contributed by atoms with Gasteiger partial charge < -0.3 is 0 Å². The van der Waals surface area contributed by atoms with Crippen LogP contribution in [0.1, 0.15) is 0 Å². The summed E-state index contributed by atoms with van der Waals surface area (Å²) in [5, 5.41) is 1.22. The van der Waals surface area contributed by atoms with Crippen molar-refractivity contribution in [1.29, 1.82) is 0 Å². The van der Waals surface area contributed by atoms with Gasteiger partial charge in [-0.3, -0.25) is 0 Å². The van der Waals surface area contributed by atoms with E-state index in [2.05, 4.69) is 48.5 Å². The van der Waals surface area contributed by atoms with Crippen LogP contribution in [0, 0.1) is 0 Å². The van der Waals surface area contributed by atoms with Crippen LogP contribution in [0.25, 0.3) is 87.7 Å². The summed E-state index contributed by atoms with van der Waals surface area (Å²) in [4.78, 5) is 15.1. The fraction of sp³-hybridized carbons (Fsp3) is 0. The monoisotopic (exact) mass is 713 g/mol. The summed E-state index contributed by atoms with van der Waals surface area (Å²) in [5.74, 6) is 1.55. The number of thiophene rings is 1. The van der Waals surface area contributed by atoms with Gasteiger partial charge in [0.1, 0.15) is 54.9 Å². The van der Waals surface area contributed by atoms with Gasteiger partial charge in [-0.15, -0.1) is 27.7 Å². The van der Waals surface area contributed by atoms with Gasteiger partial charge in [0, 0.05) is 26.1 Å². The summed E-state index contributed by atoms with van der Waals surface area (Å²) in [5.41, 5.74) is 10.2. The SMILES string of the molecule is [B]c1c([B])c([B])c2c(sc3c(-c4cccc(-c5nc(-c6ccc(-c7ccccc7)cc6)nc(-c6ccc(-c7ccccc7)cc6)n5)c4)c([B])c([B])c([B])c32)c1[B]. The van der Waals surface area contributed by atoms with Gasteiger partial charge in [-0.2, -0.15) is 0 Å². The maximum Gasteiger partial charge on any atom is 0.164 e. The summed E-state index contributed by atoms with van der Waals surface area (Å²) < 4.78 is 1.40. The van der Waals surface area contributed by atoms with Crippen LogP contribution < -0.4 is 38.2 Å². The van der Waals surface area contributed by atoms with Crippen molar-refractivity contribution in [3.05, 3.63) is 133 Å². The number of fused-ring (bicyclic) bond motifs is 3. The Labute approximate surface area is 338 Å². The molecule has 9 aromatic rings. The minimum atomic E-state index is 0.193. The Bertz CT molecular complexity index is 2870. The second kappa shape index (κ2) is 14.4. The molecule has 2 aromatic heterocycles. The second-order valence-electron chi connectivity index (χ2n) is 13.6. The van der Waals surface area contributed by atoms with E-state index in [0.29, 0.717) is 54.9 Å². The van der Waals surface area contributed by atoms with Crippen molar-refractivity contribution in [2.24, 2.45) is 0 Å². The molecule has 0 atom stereocenters. The van der Waals surface area contributed by atoms with Crippen LogP contribution in [-0.4, -0.2) is 69.9 Å². The summed E-state index contributed by atoms with van der Waals surface area (Å²) in [6, 6.07) is 44.8. The molecule has 0 saturated carbocycles. The molecular weight excluding hydrogens is 690 g/mol. The second-order valence-corrected chi connectivity index (χ2v) is 14.6. The number of hydrogen-bond acceptors (Lipinski definition) is 4. The molecule has 3 nitrogen and oxygen atoms in total. The number of benzene rings is 7. The van der Waals surface area contributed by atoms with Crippen LogP contribution >= 0.6 is 11.3 Å². The third-order valence-corrected chi connectivity index (χ3v) is 11.4. The molecule has 14 radical (unpaired) electrons. The zero-order valence-electron chi connectivity index (χ0n) is 30.0. The first-order valence-electron chi connectivity index (χ1n) is 17.8. The standard InChI is InChI=1S/C45H22B7N3S/c46-34-31(41-32(35(47)37(34)49)33-36(48)38(50)39(51)40(52)42(33)56-41)29-12-7-13-30(22-29)45-54-43(27-18-14-25(15-19-27)23-8-3-1-4-9-23)53-44(55-45)28-20-16-26(17-21-28)24-10-5-2-6-11-24/h1-22H. The van der Waals surface area contributed by atoms with E-state index in [1.54, 1.807) is 0 Å². The van der Waals surface area contributed by atoms with Gasteiger partial charge in [-0.25, -0.2) is 15.0 Å². The Morgan fingerprint density at radius 3 is 1.20 bits per heavy atom. The Kier molecular flexibility index (Phi) is 9.22. The Balaban J connectivity index is 1.21. The van der Waals surface area contributed by atoms with Gasteiger partial charge in [0.2, 0.25) is 0 Å². The normalized spacial score (nSPS) is 11.4. The van der Waals surface area contributed by atoms with E-state index in [9.17, 15) is 0 Å². The minimum absolute atomic E-state index is 0.193. The van der Waals surface area contributed by atoms with Gasteiger partial charge in [0.25, 0.3) is 0 Å². The maximum atomic E-state index is 6.79. The average molecular weight is 712 g/mol. The first kappa shape index (κ1) is 35.9. The van der Waals surface area contributed by atoms with Crippen LogP contribution in [0.3, 0.4) is 0 Å². The van der Waals surface area contributed by atoms with E-state index in [1.807, 2.05) is 84.9 Å². The Hall–Kier alpha value is -5.78. The summed E-state index contributed by atoms with van der Waals surface area (Å²) in [6.45, 7) is 0. The van der Waals surface area contributed by atoms with E-state index in [1.165, 1.54) is 11.3 Å². The number of aromatic nitrogens is 3. The first-order valence-corrected chi connectivity index (χ1v) is 18.6. The van der Waals surface area contributed by atoms with Gasteiger partial charge in [-0.1, -0.05) is 149 Å². The highest BCUT2D eigenvalue weighted by Crippen LogP contribution is 2.37. The number of rotatable bonds is 6. The largest absolute Gasteiger partial charge is 0.208 e. The highest BCUT2D eigenvalue weighted by Gasteiger charge is 2.21. The third kappa shape index (κ3) is 6.15. The molecule has 0 saturated heterocycles. The zero-order valence-corrected chi connectivity index (χ0v) is 30.8. The molecule has 11 heteroatoms. The first-order chi connectivity index (χ1) is 27.2. The molecule has 0 aliphatic heterocycles. The average Bonchev–Trinajstić information content (AvgIpc) is 3.65.